The van der Waals surface area contributed by atoms with Gasteiger partial charge in [-0.25, -0.2) is 4.79 Å². The summed E-state index contributed by atoms with van der Waals surface area (Å²) in [6, 6.07) is 7.81. The number of hydrogen-bond donors (Lipinski definition) is 1. The van der Waals surface area contributed by atoms with Crippen molar-refractivity contribution in [2.24, 2.45) is 0 Å². The van der Waals surface area contributed by atoms with Crippen molar-refractivity contribution in [1.29, 1.82) is 0 Å². The number of rotatable bonds is 6. The summed E-state index contributed by atoms with van der Waals surface area (Å²) in [6.45, 7) is 6.85. The van der Waals surface area contributed by atoms with Gasteiger partial charge in [-0.15, -0.1) is 0 Å². The molecule has 2 aromatic rings. The van der Waals surface area contributed by atoms with Crippen LogP contribution in [-0.2, 0) is 22.5 Å². The topological polar surface area (TPSA) is 82.7 Å². The first-order chi connectivity index (χ1) is 14.8. The molecule has 0 unspecified atom stereocenters. The third-order valence-electron chi connectivity index (χ3n) is 5.66. The molecule has 0 bridgehead atoms. The van der Waals surface area contributed by atoms with E-state index in [2.05, 4.69) is 9.88 Å². The maximum Gasteiger partial charge on any atom is 0.339 e. The third kappa shape index (κ3) is 5.54. The van der Waals surface area contributed by atoms with E-state index in [9.17, 15) is 14.4 Å². The van der Waals surface area contributed by atoms with Crippen LogP contribution in [0.25, 0.3) is 0 Å². The summed E-state index contributed by atoms with van der Waals surface area (Å²) in [5, 5.41) is 0.718. The highest BCUT2D eigenvalue weighted by molar-refractivity contribution is 6.30. The van der Waals surface area contributed by atoms with Crippen LogP contribution in [0.3, 0.4) is 0 Å². The number of hydrogen-bond acceptors (Lipinski definition) is 5. The minimum Gasteiger partial charge on any atom is -0.465 e. The second-order valence-corrected chi connectivity index (χ2v) is 8.28. The molecule has 1 aromatic carbocycles. The van der Waals surface area contributed by atoms with Gasteiger partial charge in [-0.05, 0) is 36.6 Å². The van der Waals surface area contributed by atoms with Crippen molar-refractivity contribution in [3.05, 3.63) is 57.4 Å². The van der Waals surface area contributed by atoms with Crippen molar-refractivity contribution in [3.8, 4) is 0 Å². The lowest BCUT2D eigenvalue weighted by Gasteiger charge is -2.22. The molecule has 0 radical (unpaired) electrons. The Kier molecular flexibility index (Phi) is 7.51. The number of nitrogens with one attached hydrogen (secondary N) is 1. The zero-order chi connectivity index (χ0) is 22.5. The van der Waals surface area contributed by atoms with Crippen molar-refractivity contribution in [1.82, 2.24) is 14.8 Å². The zero-order valence-corrected chi connectivity index (χ0v) is 18.9. The van der Waals surface area contributed by atoms with Gasteiger partial charge in [0, 0.05) is 50.4 Å². The van der Waals surface area contributed by atoms with Crippen molar-refractivity contribution < 1.29 is 19.1 Å². The number of H-pyrrole nitrogens is 1. The number of amides is 1. The number of ketones is 1. The summed E-state index contributed by atoms with van der Waals surface area (Å²) in [7, 11) is 1.29. The van der Waals surface area contributed by atoms with Crippen LogP contribution in [-0.4, -0.2) is 65.7 Å². The Balaban J connectivity index is 1.67. The van der Waals surface area contributed by atoms with Crippen LogP contribution in [0.5, 0.6) is 0 Å². The molecule has 0 spiro atoms. The number of halogens is 1. The van der Waals surface area contributed by atoms with Crippen molar-refractivity contribution in [2.45, 2.75) is 33.2 Å². The number of aromatic nitrogens is 1. The van der Waals surface area contributed by atoms with E-state index in [1.54, 1.807) is 6.92 Å². The van der Waals surface area contributed by atoms with Crippen molar-refractivity contribution in [2.75, 3.05) is 33.3 Å². The van der Waals surface area contributed by atoms with Crippen molar-refractivity contribution in [3.63, 3.8) is 0 Å². The average Bonchev–Trinajstić information content (AvgIpc) is 2.90. The number of carbonyl (C=O) groups excluding carboxylic acids is 3. The van der Waals surface area contributed by atoms with Gasteiger partial charge in [-0.1, -0.05) is 23.7 Å². The molecule has 3 rings (SSSR count). The van der Waals surface area contributed by atoms with Crippen molar-refractivity contribution >= 4 is 29.3 Å². The standard InChI is InChI=1S/C23H28ClN3O4/c1-15-21(23(30)31-3)19(25-22(15)16(2)28)13-20(29)27-10-4-9-26(11-12-27)14-17-5-7-18(24)8-6-17/h5-8,25H,4,9-14H2,1-3H3. The van der Waals surface area contributed by atoms with Crippen LogP contribution in [0, 0.1) is 6.92 Å². The van der Waals surface area contributed by atoms with Crippen LogP contribution < -0.4 is 0 Å². The van der Waals surface area contributed by atoms with Crippen LogP contribution >= 0.6 is 11.6 Å². The molecule has 31 heavy (non-hydrogen) atoms. The lowest BCUT2D eigenvalue weighted by Crippen LogP contribution is -2.36. The second kappa shape index (κ2) is 10.1. The van der Waals surface area contributed by atoms with Gasteiger partial charge in [0.2, 0.25) is 5.91 Å². The lowest BCUT2D eigenvalue weighted by atomic mass is 10.1. The van der Waals surface area contributed by atoms with Gasteiger partial charge in [-0.2, -0.15) is 0 Å². The summed E-state index contributed by atoms with van der Waals surface area (Å²) in [5.74, 6) is -0.808. The molecule has 2 heterocycles. The molecule has 1 fully saturated rings. The van der Waals surface area contributed by atoms with Gasteiger partial charge in [0.25, 0.3) is 0 Å². The van der Waals surface area contributed by atoms with Crippen LogP contribution in [0.4, 0.5) is 0 Å². The third-order valence-corrected chi connectivity index (χ3v) is 5.91. The lowest BCUT2D eigenvalue weighted by molar-refractivity contribution is -0.130. The summed E-state index contributed by atoms with van der Waals surface area (Å²) in [5.41, 5.74) is 2.76. The molecule has 1 aliphatic rings. The number of nitrogens with zero attached hydrogens (tertiary/aromatic N) is 2. The highest BCUT2D eigenvalue weighted by atomic mass is 35.5. The molecule has 7 nitrogen and oxygen atoms in total. The van der Waals surface area contributed by atoms with E-state index < -0.39 is 5.97 Å². The molecule has 1 aromatic heterocycles. The molecule has 1 N–H and O–H groups in total. The average molecular weight is 446 g/mol. The first-order valence-electron chi connectivity index (χ1n) is 10.4. The van der Waals surface area contributed by atoms with Gasteiger partial charge in [0.15, 0.2) is 5.78 Å². The minimum absolute atomic E-state index is 0.0235. The number of esters is 1. The summed E-state index contributed by atoms with van der Waals surface area (Å²) < 4.78 is 4.87. The SMILES string of the molecule is COC(=O)c1c(CC(=O)N2CCCN(Cc3ccc(Cl)cc3)CC2)[nH]c(C(C)=O)c1C. The zero-order valence-electron chi connectivity index (χ0n) is 18.2. The molecule has 1 aliphatic heterocycles. The molecule has 1 amide bonds. The van der Waals surface area contributed by atoms with Gasteiger partial charge in [0.1, 0.15) is 0 Å². The van der Waals surface area contributed by atoms with E-state index in [1.807, 2.05) is 29.2 Å². The molecule has 166 valence electrons. The molecular weight excluding hydrogens is 418 g/mol. The largest absolute Gasteiger partial charge is 0.465 e. The molecule has 8 heteroatoms. The Hall–Kier alpha value is -2.64. The van der Waals surface area contributed by atoms with Crippen LogP contribution in [0.1, 0.15) is 51.0 Å². The smallest absolute Gasteiger partial charge is 0.339 e. The predicted molar refractivity (Wildman–Crippen MR) is 119 cm³/mol. The Bertz CT molecular complexity index is 968. The van der Waals surface area contributed by atoms with Gasteiger partial charge in [0.05, 0.1) is 24.8 Å². The van der Waals surface area contributed by atoms with E-state index in [-0.39, 0.29) is 23.7 Å². The fraction of sp³-hybridized carbons (Fsp3) is 0.435. The highest BCUT2D eigenvalue weighted by Gasteiger charge is 2.26. The number of benzene rings is 1. The summed E-state index contributed by atoms with van der Waals surface area (Å²) in [4.78, 5) is 44.3. The van der Waals surface area contributed by atoms with Gasteiger partial charge >= 0.3 is 5.97 Å². The Morgan fingerprint density at radius 3 is 2.45 bits per heavy atom. The quantitative estimate of drug-likeness (QED) is 0.545. The number of ether oxygens (including phenoxy) is 1. The van der Waals surface area contributed by atoms with E-state index in [4.69, 9.17) is 16.3 Å². The van der Waals surface area contributed by atoms with E-state index in [0.29, 0.717) is 30.0 Å². The maximum absolute atomic E-state index is 13.0. The molecule has 0 aliphatic carbocycles. The Morgan fingerprint density at radius 2 is 1.81 bits per heavy atom. The van der Waals surface area contributed by atoms with E-state index >= 15 is 0 Å². The predicted octanol–water partition coefficient (Wildman–Crippen LogP) is 3.24. The van der Waals surface area contributed by atoms with E-state index in [0.717, 1.165) is 31.1 Å². The molecular formula is C23H28ClN3O4. The second-order valence-electron chi connectivity index (χ2n) is 7.84. The highest BCUT2D eigenvalue weighted by Crippen LogP contribution is 2.22. The maximum atomic E-state index is 13.0. The van der Waals surface area contributed by atoms with Gasteiger partial charge in [-0.3, -0.25) is 14.5 Å². The fourth-order valence-corrected chi connectivity index (χ4v) is 4.14. The Morgan fingerprint density at radius 1 is 1.10 bits per heavy atom. The van der Waals surface area contributed by atoms with E-state index in [1.165, 1.54) is 19.6 Å². The molecule has 1 saturated heterocycles. The normalized spacial score (nSPS) is 14.9. The summed E-state index contributed by atoms with van der Waals surface area (Å²) >= 11 is 5.96. The fourth-order valence-electron chi connectivity index (χ4n) is 4.01. The first-order valence-corrected chi connectivity index (χ1v) is 10.7. The molecule has 0 atom stereocenters. The van der Waals surface area contributed by atoms with Gasteiger partial charge < -0.3 is 14.6 Å². The van der Waals surface area contributed by atoms with Crippen LogP contribution in [0.2, 0.25) is 5.02 Å². The Labute approximate surface area is 187 Å². The summed E-state index contributed by atoms with van der Waals surface area (Å²) in [6.07, 6.45) is 0.890. The minimum atomic E-state index is -0.547. The number of methoxy groups -OCH3 is 1. The van der Waals surface area contributed by atoms with Crippen LogP contribution in [0.15, 0.2) is 24.3 Å². The number of aromatic amines is 1. The first kappa shape index (κ1) is 23.0. The molecule has 0 saturated carbocycles. The number of Topliss-reactive ketones (excluding diaryl/α,β-unsaturated/α-hetero) is 1. The number of carbonyl (C=O) groups is 3. The monoisotopic (exact) mass is 445 g/mol.